The van der Waals surface area contributed by atoms with Crippen molar-refractivity contribution in [3.05, 3.63) is 23.8 Å². The van der Waals surface area contributed by atoms with Crippen molar-refractivity contribution in [3.63, 3.8) is 0 Å². The summed E-state index contributed by atoms with van der Waals surface area (Å²) in [6.07, 6.45) is 1.96. The number of hydrogen-bond donors (Lipinski definition) is 1. The Labute approximate surface area is 113 Å². The largest absolute Gasteiger partial charge is 0.495 e. The molecule has 102 valence electrons. The number of nitrogens with zero attached hydrogens (tertiary/aromatic N) is 1. The zero-order valence-electron chi connectivity index (χ0n) is 11.5. The summed E-state index contributed by atoms with van der Waals surface area (Å²) < 4.78 is 5.15. The summed E-state index contributed by atoms with van der Waals surface area (Å²) >= 11 is 0. The molecule has 2 atom stereocenters. The van der Waals surface area contributed by atoms with Gasteiger partial charge in [0, 0.05) is 17.9 Å². The molecule has 1 aliphatic carbocycles. The number of Topliss-reactive ketones (excluding diaryl/α,β-unsaturated/α-hetero) is 1. The lowest BCUT2D eigenvalue weighted by Gasteiger charge is -2.43. The van der Waals surface area contributed by atoms with Gasteiger partial charge in [0.25, 0.3) is 0 Å². The Hall–Kier alpha value is -1.55. The highest BCUT2D eigenvalue weighted by molar-refractivity contribution is 5.97. The van der Waals surface area contributed by atoms with Crippen molar-refractivity contribution in [2.75, 3.05) is 33.0 Å². The number of likely N-dealkylation sites (tertiary alicyclic amines) is 1. The Morgan fingerprint density at radius 3 is 2.79 bits per heavy atom. The molecule has 0 radical (unpaired) electrons. The predicted molar refractivity (Wildman–Crippen MR) is 74.3 cm³/mol. The van der Waals surface area contributed by atoms with E-state index < -0.39 is 0 Å². The van der Waals surface area contributed by atoms with Crippen LogP contribution in [0, 0.1) is 5.41 Å². The first kappa shape index (κ1) is 12.5. The quantitative estimate of drug-likeness (QED) is 0.822. The number of nitrogen functional groups attached to an aromatic ring is 1. The molecular weight excluding hydrogens is 240 g/mol. The van der Waals surface area contributed by atoms with Gasteiger partial charge < -0.3 is 15.4 Å². The van der Waals surface area contributed by atoms with Crippen LogP contribution in [0.1, 0.15) is 24.3 Å². The standard InChI is InChI=1S/C15H20N2O2/c1-17-6-5-15(9-17)8-11(14(15)18)10-3-4-13(19-2)12(16)7-10/h3-4,7,11H,5-6,8-9,16H2,1-2H3. The topological polar surface area (TPSA) is 55.6 Å². The van der Waals surface area contributed by atoms with Crippen LogP contribution in [-0.2, 0) is 4.79 Å². The molecule has 1 saturated heterocycles. The molecule has 2 N–H and O–H groups in total. The second-order valence-corrected chi connectivity index (χ2v) is 5.89. The van der Waals surface area contributed by atoms with E-state index >= 15 is 0 Å². The molecule has 1 saturated carbocycles. The van der Waals surface area contributed by atoms with Crippen molar-refractivity contribution in [2.45, 2.75) is 18.8 Å². The van der Waals surface area contributed by atoms with Crippen LogP contribution in [0.25, 0.3) is 0 Å². The number of ketones is 1. The fourth-order valence-corrected chi connectivity index (χ4v) is 3.51. The zero-order valence-corrected chi connectivity index (χ0v) is 11.5. The number of ether oxygens (including phenoxy) is 1. The first-order chi connectivity index (χ1) is 9.05. The van der Waals surface area contributed by atoms with E-state index in [0.29, 0.717) is 17.2 Å². The molecule has 2 aliphatic rings. The number of rotatable bonds is 2. The summed E-state index contributed by atoms with van der Waals surface area (Å²) in [5, 5.41) is 0. The van der Waals surface area contributed by atoms with Gasteiger partial charge in [-0.2, -0.15) is 0 Å². The molecule has 0 aromatic heterocycles. The van der Waals surface area contributed by atoms with Crippen molar-refractivity contribution in [1.82, 2.24) is 4.90 Å². The van der Waals surface area contributed by atoms with Crippen molar-refractivity contribution in [2.24, 2.45) is 5.41 Å². The van der Waals surface area contributed by atoms with E-state index in [0.717, 1.165) is 31.5 Å². The second-order valence-electron chi connectivity index (χ2n) is 5.89. The molecule has 1 aromatic carbocycles. The lowest BCUT2D eigenvalue weighted by atomic mass is 9.58. The monoisotopic (exact) mass is 260 g/mol. The fraction of sp³-hybridized carbons (Fsp3) is 0.533. The predicted octanol–water partition coefficient (Wildman–Crippen LogP) is 1.66. The molecule has 2 fully saturated rings. The molecule has 3 rings (SSSR count). The smallest absolute Gasteiger partial charge is 0.147 e. The van der Waals surface area contributed by atoms with Gasteiger partial charge in [-0.25, -0.2) is 0 Å². The van der Waals surface area contributed by atoms with Crippen molar-refractivity contribution in [3.8, 4) is 5.75 Å². The van der Waals surface area contributed by atoms with Crippen LogP contribution in [0.15, 0.2) is 18.2 Å². The molecule has 0 bridgehead atoms. The highest BCUT2D eigenvalue weighted by Gasteiger charge is 2.55. The van der Waals surface area contributed by atoms with E-state index in [1.165, 1.54) is 0 Å². The van der Waals surface area contributed by atoms with Gasteiger partial charge in [-0.15, -0.1) is 0 Å². The average molecular weight is 260 g/mol. The molecule has 0 amide bonds. The average Bonchev–Trinajstić information content (AvgIpc) is 2.80. The van der Waals surface area contributed by atoms with Crippen LogP contribution in [0.4, 0.5) is 5.69 Å². The van der Waals surface area contributed by atoms with Gasteiger partial charge in [0.05, 0.1) is 12.8 Å². The van der Waals surface area contributed by atoms with Crippen LogP contribution in [-0.4, -0.2) is 37.9 Å². The maximum atomic E-state index is 12.5. The second kappa shape index (κ2) is 4.23. The number of methoxy groups -OCH3 is 1. The van der Waals surface area contributed by atoms with Gasteiger partial charge in [0.1, 0.15) is 11.5 Å². The summed E-state index contributed by atoms with van der Waals surface area (Å²) in [5.74, 6) is 1.09. The number of nitrogens with two attached hydrogens (primary N) is 1. The Morgan fingerprint density at radius 2 is 2.26 bits per heavy atom. The first-order valence-corrected chi connectivity index (χ1v) is 6.72. The van der Waals surface area contributed by atoms with Gasteiger partial charge in [-0.3, -0.25) is 4.79 Å². The number of benzene rings is 1. The Bertz CT molecular complexity index is 529. The highest BCUT2D eigenvalue weighted by Crippen LogP contribution is 2.52. The lowest BCUT2D eigenvalue weighted by molar-refractivity contribution is -0.140. The molecule has 4 heteroatoms. The normalized spacial score (nSPS) is 30.6. The summed E-state index contributed by atoms with van der Waals surface area (Å²) in [4.78, 5) is 14.7. The van der Waals surface area contributed by atoms with Crippen molar-refractivity contribution in [1.29, 1.82) is 0 Å². The van der Waals surface area contributed by atoms with E-state index in [2.05, 4.69) is 11.9 Å². The van der Waals surface area contributed by atoms with Gasteiger partial charge >= 0.3 is 0 Å². The Balaban J connectivity index is 1.79. The number of anilines is 1. The van der Waals surface area contributed by atoms with Gasteiger partial charge in [0.2, 0.25) is 0 Å². The minimum absolute atomic E-state index is 0.0275. The van der Waals surface area contributed by atoms with E-state index in [4.69, 9.17) is 10.5 Å². The Kier molecular flexibility index (Phi) is 2.78. The molecule has 1 aliphatic heterocycles. The van der Waals surface area contributed by atoms with Gasteiger partial charge in [-0.1, -0.05) is 6.07 Å². The first-order valence-electron chi connectivity index (χ1n) is 6.72. The van der Waals surface area contributed by atoms with E-state index in [1.807, 2.05) is 18.2 Å². The zero-order chi connectivity index (χ0) is 13.6. The number of carbonyl (C=O) groups is 1. The van der Waals surface area contributed by atoms with Gasteiger partial charge in [0.15, 0.2) is 0 Å². The van der Waals surface area contributed by atoms with Crippen LogP contribution < -0.4 is 10.5 Å². The minimum Gasteiger partial charge on any atom is -0.495 e. The number of carbonyl (C=O) groups excluding carboxylic acids is 1. The van der Waals surface area contributed by atoms with E-state index in [-0.39, 0.29) is 11.3 Å². The third-order valence-corrected chi connectivity index (χ3v) is 4.63. The number of hydrogen-bond acceptors (Lipinski definition) is 4. The Morgan fingerprint density at radius 1 is 1.47 bits per heavy atom. The maximum Gasteiger partial charge on any atom is 0.147 e. The van der Waals surface area contributed by atoms with Crippen molar-refractivity contribution < 1.29 is 9.53 Å². The third-order valence-electron chi connectivity index (χ3n) is 4.63. The van der Waals surface area contributed by atoms with Crippen LogP contribution in [0.3, 0.4) is 0 Å². The van der Waals surface area contributed by atoms with Crippen molar-refractivity contribution >= 4 is 11.5 Å². The SMILES string of the molecule is COc1ccc(C2CC3(CCN(C)C3)C2=O)cc1N. The minimum atomic E-state index is -0.0753. The summed E-state index contributed by atoms with van der Waals surface area (Å²) in [6, 6.07) is 5.69. The molecule has 2 unspecified atom stereocenters. The van der Waals surface area contributed by atoms with E-state index in [9.17, 15) is 4.79 Å². The summed E-state index contributed by atoms with van der Waals surface area (Å²) in [6.45, 7) is 1.94. The molecule has 1 spiro atoms. The lowest BCUT2D eigenvalue weighted by Crippen LogP contribution is -2.48. The van der Waals surface area contributed by atoms with Crippen LogP contribution in [0.5, 0.6) is 5.75 Å². The molecule has 1 heterocycles. The fourth-order valence-electron chi connectivity index (χ4n) is 3.51. The molecule has 19 heavy (non-hydrogen) atoms. The van der Waals surface area contributed by atoms with Crippen LogP contribution >= 0.6 is 0 Å². The van der Waals surface area contributed by atoms with E-state index in [1.54, 1.807) is 7.11 Å². The highest BCUT2D eigenvalue weighted by atomic mass is 16.5. The molecular formula is C15H20N2O2. The molecule has 1 aromatic rings. The summed E-state index contributed by atoms with van der Waals surface area (Å²) in [5.41, 5.74) is 7.48. The van der Waals surface area contributed by atoms with Crippen LogP contribution in [0.2, 0.25) is 0 Å². The third kappa shape index (κ3) is 1.82. The maximum absolute atomic E-state index is 12.5. The molecule has 4 nitrogen and oxygen atoms in total. The van der Waals surface area contributed by atoms with Gasteiger partial charge in [-0.05, 0) is 44.1 Å². The summed E-state index contributed by atoms with van der Waals surface area (Å²) in [7, 11) is 3.68.